The quantitative estimate of drug-likeness (QED) is 0.162. The first-order valence-corrected chi connectivity index (χ1v) is 19.7. The van der Waals surface area contributed by atoms with E-state index in [0.717, 1.165) is 94.2 Å². The Hall–Kier alpha value is -8.02. The summed E-state index contributed by atoms with van der Waals surface area (Å²) in [5, 5.41) is 4.25. The molecule has 0 atom stereocenters. The van der Waals surface area contributed by atoms with Crippen LogP contribution in [0, 0.1) is 0 Å². The average molecular weight is 755 g/mol. The fourth-order valence-corrected chi connectivity index (χ4v) is 8.08. The molecule has 0 N–H and O–H groups in total. The molecule has 3 aromatic heterocycles. The van der Waals surface area contributed by atoms with Gasteiger partial charge >= 0.3 is 0 Å². The van der Waals surface area contributed by atoms with Gasteiger partial charge in [0.2, 0.25) is 0 Å². The third-order valence-electron chi connectivity index (χ3n) is 10.9. The maximum atomic E-state index is 7.13. The third kappa shape index (κ3) is 6.22. The molecule has 0 spiro atoms. The number of hydrogen-bond acceptors (Lipinski definition) is 5. The lowest BCUT2D eigenvalue weighted by atomic mass is 9.91. The number of hydrogen-bond donors (Lipinski definition) is 0. The Morgan fingerprint density at radius 2 is 0.847 bits per heavy atom. The van der Waals surface area contributed by atoms with E-state index in [-0.39, 0.29) is 0 Å². The van der Waals surface area contributed by atoms with E-state index < -0.39 is 0 Å². The molecule has 11 rings (SSSR count). The second-order valence-corrected chi connectivity index (χ2v) is 14.6. The minimum Gasteiger partial charge on any atom is -0.455 e. The van der Waals surface area contributed by atoms with Crippen LogP contribution in [-0.2, 0) is 0 Å². The minimum absolute atomic E-state index is 0.589. The Labute approximate surface area is 341 Å². The maximum Gasteiger partial charge on any atom is 0.164 e. The van der Waals surface area contributed by atoms with Crippen LogP contribution in [-0.4, -0.2) is 19.9 Å². The van der Waals surface area contributed by atoms with Crippen molar-refractivity contribution in [3.05, 3.63) is 206 Å². The van der Waals surface area contributed by atoms with Gasteiger partial charge in [0.25, 0.3) is 0 Å². The molecule has 0 aliphatic carbocycles. The van der Waals surface area contributed by atoms with Gasteiger partial charge in [-0.1, -0.05) is 188 Å². The Kier molecular flexibility index (Phi) is 8.41. The molecular weight excluding hydrogens is 721 g/mol. The SMILES string of the molecule is c1ccc(-c2cccc(-c3nc(-c4ccccc4)nc(-c4ccc(-c5oc6c(c(-c7ccccc7)nc7ccccc76)c5-c5cccc6ccccc56)cc4)n3)c2)cc1. The molecule has 276 valence electrons. The predicted octanol–water partition coefficient (Wildman–Crippen LogP) is 14.0. The van der Waals surface area contributed by atoms with Gasteiger partial charge in [-0.05, 0) is 45.7 Å². The first-order valence-electron chi connectivity index (χ1n) is 19.7. The lowest BCUT2D eigenvalue weighted by Crippen LogP contribution is -2.00. The van der Waals surface area contributed by atoms with Gasteiger partial charge in [-0.25, -0.2) is 19.9 Å². The summed E-state index contributed by atoms with van der Waals surface area (Å²) in [4.78, 5) is 20.5. The lowest BCUT2D eigenvalue weighted by Gasteiger charge is -2.12. The molecule has 0 fully saturated rings. The highest BCUT2D eigenvalue weighted by Crippen LogP contribution is 2.48. The van der Waals surface area contributed by atoms with Crippen molar-refractivity contribution >= 4 is 32.6 Å². The van der Waals surface area contributed by atoms with Gasteiger partial charge < -0.3 is 4.42 Å². The molecule has 3 heterocycles. The molecule has 5 nitrogen and oxygen atoms in total. The zero-order chi connectivity index (χ0) is 39.1. The molecule has 0 saturated heterocycles. The Morgan fingerprint density at radius 1 is 0.339 bits per heavy atom. The van der Waals surface area contributed by atoms with E-state index in [2.05, 4.69) is 152 Å². The number of benzene rings is 8. The van der Waals surface area contributed by atoms with Crippen LogP contribution >= 0.6 is 0 Å². The summed E-state index contributed by atoms with van der Waals surface area (Å²) < 4.78 is 7.13. The van der Waals surface area contributed by atoms with Crippen molar-refractivity contribution in [3.8, 4) is 79.0 Å². The maximum absolute atomic E-state index is 7.13. The van der Waals surface area contributed by atoms with Crippen molar-refractivity contribution in [3.63, 3.8) is 0 Å². The van der Waals surface area contributed by atoms with Crippen LogP contribution in [0.15, 0.2) is 211 Å². The van der Waals surface area contributed by atoms with Gasteiger partial charge in [0.1, 0.15) is 11.3 Å². The zero-order valence-corrected chi connectivity index (χ0v) is 31.8. The normalized spacial score (nSPS) is 11.4. The van der Waals surface area contributed by atoms with Crippen molar-refractivity contribution < 1.29 is 4.42 Å². The number of nitrogens with zero attached hydrogens (tertiary/aromatic N) is 4. The Morgan fingerprint density at radius 3 is 1.58 bits per heavy atom. The van der Waals surface area contributed by atoms with Crippen LogP contribution < -0.4 is 0 Å². The fourth-order valence-electron chi connectivity index (χ4n) is 8.08. The predicted molar refractivity (Wildman–Crippen MR) is 240 cm³/mol. The first kappa shape index (κ1) is 34.2. The van der Waals surface area contributed by atoms with Crippen LogP contribution in [0.4, 0.5) is 0 Å². The number of aromatic nitrogens is 4. The summed E-state index contributed by atoms with van der Waals surface area (Å²) in [6.07, 6.45) is 0. The van der Waals surface area contributed by atoms with E-state index in [1.165, 1.54) is 0 Å². The summed E-state index contributed by atoms with van der Waals surface area (Å²) in [5.74, 6) is 2.59. The molecule has 0 amide bonds. The number of rotatable bonds is 7. The molecule has 0 radical (unpaired) electrons. The first-order chi connectivity index (χ1) is 29.2. The largest absolute Gasteiger partial charge is 0.455 e. The highest BCUT2D eigenvalue weighted by Gasteiger charge is 2.25. The fraction of sp³-hybridized carbons (Fsp3) is 0. The van der Waals surface area contributed by atoms with Crippen LogP contribution in [0.2, 0.25) is 0 Å². The van der Waals surface area contributed by atoms with Crippen molar-refractivity contribution in [1.29, 1.82) is 0 Å². The van der Waals surface area contributed by atoms with Gasteiger partial charge in [0.15, 0.2) is 17.5 Å². The molecule has 0 saturated carbocycles. The monoisotopic (exact) mass is 754 g/mol. The van der Waals surface area contributed by atoms with Crippen LogP contribution in [0.25, 0.3) is 112 Å². The van der Waals surface area contributed by atoms with Gasteiger partial charge in [-0.2, -0.15) is 0 Å². The van der Waals surface area contributed by atoms with Gasteiger partial charge in [-0.3, -0.25) is 0 Å². The van der Waals surface area contributed by atoms with Gasteiger partial charge in [0.05, 0.1) is 16.6 Å². The van der Waals surface area contributed by atoms with E-state index in [1.54, 1.807) is 0 Å². The summed E-state index contributed by atoms with van der Waals surface area (Å²) in [6, 6.07) is 70.8. The second-order valence-electron chi connectivity index (χ2n) is 14.6. The summed E-state index contributed by atoms with van der Waals surface area (Å²) >= 11 is 0. The van der Waals surface area contributed by atoms with E-state index in [1.807, 2.05) is 54.6 Å². The highest BCUT2D eigenvalue weighted by atomic mass is 16.3. The van der Waals surface area contributed by atoms with Crippen molar-refractivity contribution in [1.82, 2.24) is 19.9 Å². The lowest BCUT2D eigenvalue weighted by molar-refractivity contribution is 0.636. The third-order valence-corrected chi connectivity index (χ3v) is 10.9. The smallest absolute Gasteiger partial charge is 0.164 e. The number of furan rings is 1. The molecule has 0 unspecified atom stereocenters. The minimum atomic E-state index is 0.589. The van der Waals surface area contributed by atoms with E-state index in [9.17, 15) is 0 Å². The molecular formula is C54H34N4O. The van der Waals surface area contributed by atoms with Gasteiger partial charge in [0, 0.05) is 38.8 Å². The molecule has 5 heteroatoms. The van der Waals surface area contributed by atoms with E-state index in [0.29, 0.717) is 17.5 Å². The summed E-state index contributed by atoms with van der Waals surface area (Å²) in [6.45, 7) is 0. The number of fused-ring (bicyclic) bond motifs is 4. The molecule has 0 bridgehead atoms. The molecule has 8 aromatic carbocycles. The standard InChI is InChI=1S/C54H34N4O/c1-4-16-35(17-5-1)41-24-14-25-42(34-41)54-57-52(39-21-8-3-9-22-39)56-53(58-54)40-32-30-38(31-33-40)50-47(44-28-15-23-36-18-10-11-26-43(36)44)48-49(37-19-6-2-7-20-37)55-46-29-13-12-27-45(46)51(48)59-50/h1-34H. The summed E-state index contributed by atoms with van der Waals surface area (Å²) in [7, 11) is 0. The molecule has 0 aliphatic rings. The van der Waals surface area contributed by atoms with Crippen molar-refractivity contribution in [2.24, 2.45) is 0 Å². The van der Waals surface area contributed by atoms with Crippen molar-refractivity contribution in [2.45, 2.75) is 0 Å². The molecule has 0 aliphatic heterocycles. The summed E-state index contributed by atoms with van der Waals surface area (Å²) in [5.41, 5.74) is 11.6. The highest BCUT2D eigenvalue weighted by molar-refractivity contribution is 6.19. The van der Waals surface area contributed by atoms with Gasteiger partial charge in [-0.15, -0.1) is 0 Å². The Bertz CT molecular complexity index is 3300. The number of para-hydroxylation sites is 1. The number of pyridine rings is 1. The van der Waals surface area contributed by atoms with Crippen LogP contribution in [0.3, 0.4) is 0 Å². The molecule has 11 aromatic rings. The molecule has 59 heavy (non-hydrogen) atoms. The average Bonchev–Trinajstić information content (AvgIpc) is 3.73. The van der Waals surface area contributed by atoms with E-state index in [4.69, 9.17) is 24.4 Å². The zero-order valence-electron chi connectivity index (χ0n) is 31.8. The van der Waals surface area contributed by atoms with Crippen LogP contribution in [0.5, 0.6) is 0 Å². The van der Waals surface area contributed by atoms with Crippen LogP contribution in [0.1, 0.15) is 0 Å². The Balaban J connectivity index is 1.11. The van der Waals surface area contributed by atoms with E-state index >= 15 is 0 Å². The second kappa shape index (κ2) is 14.5. The van der Waals surface area contributed by atoms with Crippen molar-refractivity contribution in [2.75, 3.05) is 0 Å². The topological polar surface area (TPSA) is 64.7 Å².